The van der Waals surface area contributed by atoms with E-state index in [9.17, 15) is 0 Å². The molecule has 0 nitrogen and oxygen atoms in total. The highest BCUT2D eigenvalue weighted by Gasteiger charge is 2.30. The van der Waals surface area contributed by atoms with Crippen molar-refractivity contribution in [1.82, 2.24) is 0 Å². The highest BCUT2D eigenvalue weighted by Crippen LogP contribution is 2.39. The number of hydrogen-bond acceptors (Lipinski definition) is 0. The Morgan fingerprint density at radius 2 is 1.21 bits per heavy atom. The van der Waals surface area contributed by atoms with Crippen LogP contribution in [0.1, 0.15) is 61.8 Å². The van der Waals surface area contributed by atoms with E-state index in [0.29, 0.717) is 5.41 Å². The van der Waals surface area contributed by atoms with Crippen LogP contribution in [-0.4, -0.2) is 0 Å². The first-order chi connectivity index (χ1) is 6.18. The van der Waals surface area contributed by atoms with Crippen molar-refractivity contribution in [1.29, 1.82) is 0 Å². The first kappa shape index (κ1) is 14.0. The molecule has 0 aliphatic rings. The van der Waals surface area contributed by atoms with Gasteiger partial charge in [-0.15, -0.1) is 0 Å². The Morgan fingerprint density at radius 1 is 0.786 bits per heavy atom. The van der Waals surface area contributed by atoms with Gasteiger partial charge in [-0.2, -0.15) is 0 Å². The molecule has 0 aromatic heterocycles. The molecule has 0 heterocycles. The van der Waals surface area contributed by atoms with Crippen LogP contribution in [0.4, 0.5) is 0 Å². The Hall–Kier alpha value is 0. The van der Waals surface area contributed by atoms with Gasteiger partial charge in [0.15, 0.2) is 0 Å². The fraction of sp³-hybridized carbons (Fsp3) is 1.00. The van der Waals surface area contributed by atoms with E-state index in [0.717, 1.165) is 23.7 Å². The van der Waals surface area contributed by atoms with Crippen LogP contribution in [0.5, 0.6) is 0 Å². The quantitative estimate of drug-likeness (QED) is 0.584. The zero-order chi connectivity index (χ0) is 11.5. The van der Waals surface area contributed by atoms with E-state index in [2.05, 4.69) is 55.4 Å². The summed E-state index contributed by atoms with van der Waals surface area (Å²) in [7, 11) is 0. The van der Waals surface area contributed by atoms with Gasteiger partial charge in [0.05, 0.1) is 0 Å². The number of hydrogen-bond donors (Lipinski definition) is 0. The van der Waals surface area contributed by atoms with Gasteiger partial charge in [0.2, 0.25) is 0 Å². The van der Waals surface area contributed by atoms with Crippen LogP contribution in [0.15, 0.2) is 0 Å². The summed E-state index contributed by atoms with van der Waals surface area (Å²) in [6.45, 7) is 19.0. The molecule has 0 heteroatoms. The molecule has 2 atom stereocenters. The largest absolute Gasteiger partial charge is 0.0625 e. The SMILES string of the molecule is CC(C)C(C)CC(C)(C)C(C)C(C)C. The lowest BCUT2D eigenvalue weighted by atomic mass is 9.68. The summed E-state index contributed by atoms with van der Waals surface area (Å²) in [5, 5.41) is 0. The zero-order valence-corrected chi connectivity index (χ0v) is 11.5. The van der Waals surface area contributed by atoms with Crippen molar-refractivity contribution in [3.8, 4) is 0 Å². The fourth-order valence-electron chi connectivity index (χ4n) is 2.15. The molecular formula is C14H30. The highest BCUT2D eigenvalue weighted by atomic mass is 14.4. The highest BCUT2D eigenvalue weighted by molar-refractivity contribution is 4.80. The number of rotatable bonds is 5. The normalized spacial score (nSPS) is 17.6. The Kier molecular flexibility index (Phi) is 5.19. The van der Waals surface area contributed by atoms with Crippen molar-refractivity contribution in [2.75, 3.05) is 0 Å². The van der Waals surface area contributed by atoms with E-state index in [4.69, 9.17) is 0 Å². The molecule has 0 radical (unpaired) electrons. The minimum absolute atomic E-state index is 0.484. The lowest BCUT2D eigenvalue weighted by molar-refractivity contribution is 0.124. The van der Waals surface area contributed by atoms with E-state index in [-0.39, 0.29) is 0 Å². The van der Waals surface area contributed by atoms with Crippen LogP contribution in [0.25, 0.3) is 0 Å². The molecule has 0 bridgehead atoms. The van der Waals surface area contributed by atoms with Crippen LogP contribution in [0.2, 0.25) is 0 Å². The fourth-order valence-corrected chi connectivity index (χ4v) is 2.15. The minimum atomic E-state index is 0.484. The topological polar surface area (TPSA) is 0 Å². The third kappa shape index (κ3) is 4.02. The summed E-state index contributed by atoms with van der Waals surface area (Å²) < 4.78 is 0. The van der Waals surface area contributed by atoms with Gasteiger partial charge in [0, 0.05) is 0 Å². The molecule has 0 aromatic rings. The van der Waals surface area contributed by atoms with Crippen LogP contribution in [0, 0.1) is 29.1 Å². The monoisotopic (exact) mass is 198 g/mol. The molecule has 0 spiro atoms. The maximum Gasteiger partial charge on any atom is -0.0323 e. The summed E-state index contributed by atoms with van der Waals surface area (Å²) >= 11 is 0. The van der Waals surface area contributed by atoms with Crippen LogP contribution < -0.4 is 0 Å². The summed E-state index contributed by atoms with van der Waals surface area (Å²) in [6.07, 6.45) is 1.35. The Labute approximate surface area is 91.5 Å². The first-order valence-electron chi connectivity index (χ1n) is 6.18. The van der Waals surface area contributed by atoms with Crippen molar-refractivity contribution in [3.05, 3.63) is 0 Å². The van der Waals surface area contributed by atoms with Crippen molar-refractivity contribution >= 4 is 0 Å². The van der Waals surface area contributed by atoms with E-state index in [1.165, 1.54) is 6.42 Å². The van der Waals surface area contributed by atoms with Gasteiger partial charge in [0.1, 0.15) is 0 Å². The van der Waals surface area contributed by atoms with E-state index in [1.807, 2.05) is 0 Å². The third-order valence-corrected chi connectivity index (χ3v) is 4.22. The molecule has 0 saturated carbocycles. The maximum absolute atomic E-state index is 2.43. The van der Waals surface area contributed by atoms with Gasteiger partial charge in [0.25, 0.3) is 0 Å². The first-order valence-corrected chi connectivity index (χ1v) is 6.18. The predicted molar refractivity (Wildman–Crippen MR) is 66.4 cm³/mol. The van der Waals surface area contributed by atoms with E-state index in [1.54, 1.807) is 0 Å². The molecular weight excluding hydrogens is 168 g/mol. The van der Waals surface area contributed by atoms with Gasteiger partial charge >= 0.3 is 0 Å². The smallest absolute Gasteiger partial charge is 0.0323 e. The van der Waals surface area contributed by atoms with Gasteiger partial charge in [-0.05, 0) is 35.5 Å². The average Bonchev–Trinajstić information content (AvgIpc) is 2.01. The molecule has 14 heavy (non-hydrogen) atoms. The van der Waals surface area contributed by atoms with Crippen molar-refractivity contribution in [2.24, 2.45) is 29.1 Å². The maximum atomic E-state index is 2.43. The Bertz CT molecular complexity index is 153. The van der Waals surface area contributed by atoms with E-state index >= 15 is 0 Å². The van der Waals surface area contributed by atoms with Crippen molar-refractivity contribution < 1.29 is 0 Å². The van der Waals surface area contributed by atoms with Crippen molar-refractivity contribution in [3.63, 3.8) is 0 Å². The molecule has 86 valence electrons. The second-order valence-corrected chi connectivity index (χ2v) is 6.45. The summed E-state index contributed by atoms with van der Waals surface area (Å²) in [6, 6.07) is 0. The van der Waals surface area contributed by atoms with Crippen LogP contribution >= 0.6 is 0 Å². The Balaban J connectivity index is 4.32. The molecule has 0 N–H and O–H groups in total. The molecule has 0 saturated heterocycles. The van der Waals surface area contributed by atoms with Crippen LogP contribution in [0.3, 0.4) is 0 Å². The summed E-state index contributed by atoms with van der Waals surface area (Å²) in [5.74, 6) is 3.26. The molecule has 2 unspecified atom stereocenters. The molecule has 0 amide bonds. The van der Waals surface area contributed by atoms with Gasteiger partial charge in [-0.25, -0.2) is 0 Å². The van der Waals surface area contributed by atoms with Gasteiger partial charge in [-0.3, -0.25) is 0 Å². The lowest BCUT2D eigenvalue weighted by Crippen LogP contribution is -2.29. The second kappa shape index (κ2) is 5.19. The molecule has 0 aromatic carbocycles. The zero-order valence-electron chi connectivity index (χ0n) is 11.5. The lowest BCUT2D eigenvalue weighted by Gasteiger charge is -2.37. The molecule has 0 fully saturated rings. The molecule has 0 aliphatic heterocycles. The summed E-state index contributed by atoms with van der Waals surface area (Å²) in [4.78, 5) is 0. The predicted octanol–water partition coefficient (Wildman–Crippen LogP) is 4.99. The van der Waals surface area contributed by atoms with Gasteiger partial charge in [-0.1, -0.05) is 55.4 Å². The minimum Gasteiger partial charge on any atom is -0.0625 e. The Morgan fingerprint density at radius 3 is 1.50 bits per heavy atom. The standard InChI is InChI=1S/C14H30/c1-10(2)12(5)9-14(7,8)13(6)11(3)4/h10-13H,9H2,1-8H3. The second-order valence-electron chi connectivity index (χ2n) is 6.45. The third-order valence-electron chi connectivity index (χ3n) is 4.22. The van der Waals surface area contributed by atoms with Crippen molar-refractivity contribution in [2.45, 2.75) is 61.8 Å². The van der Waals surface area contributed by atoms with Crippen LogP contribution in [-0.2, 0) is 0 Å². The van der Waals surface area contributed by atoms with Gasteiger partial charge < -0.3 is 0 Å². The van der Waals surface area contributed by atoms with E-state index < -0.39 is 0 Å². The molecule has 0 rings (SSSR count). The summed E-state index contributed by atoms with van der Waals surface area (Å²) in [5.41, 5.74) is 0.484. The average molecular weight is 198 g/mol. The molecule has 0 aliphatic carbocycles.